The van der Waals surface area contributed by atoms with Crippen LogP contribution in [0.25, 0.3) is 0 Å². The normalized spacial score (nSPS) is 20.9. The zero-order valence-corrected chi connectivity index (χ0v) is 13.9. The standard InChI is InChI=1S/C21H28N2/c1-3-7-20(8-4-1)22-16-15-18-11-13-19(14-12-18)17-23-21-9-5-2-6-10-21/h1-10,18-19,22-23H,11-17H2. The van der Waals surface area contributed by atoms with E-state index in [0.29, 0.717) is 0 Å². The number of para-hydroxylation sites is 2. The minimum Gasteiger partial charge on any atom is -0.385 e. The van der Waals surface area contributed by atoms with E-state index in [9.17, 15) is 0 Å². The summed E-state index contributed by atoms with van der Waals surface area (Å²) < 4.78 is 0. The molecule has 0 bridgehead atoms. The van der Waals surface area contributed by atoms with Gasteiger partial charge in [-0.2, -0.15) is 0 Å². The van der Waals surface area contributed by atoms with Crippen molar-refractivity contribution in [1.82, 2.24) is 0 Å². The molecule has 2 nitrogen and oxygen atoms in total. The molecule has 0 radical (unpaired) electrons. The Labute approximate surface area is 140 Å². The first-order chi connectivity index (χ1) is 11.4. The molecule has 0 saturated heterocycles. The van der Waals surface area contributed by atoms with Crippen LogP contribution in [-0.4, -0.2) is 13.1 Å². The summed E-state index contributed by atoms with van der Waals surface area (Å²) >= 11 is 0. The Morgan fingerprint density at radius 2 is 1.17 bits per heavy atom. The van der Waals surface area contributed by atoms with Crippen LogP contribution in [0.2, 0.25) is 0 Å². The smallest absolute Gasteiger partial charge is 0.0340 e. The average molecular weight is 308 g/mol. The highest BCUT2D eigenvalue weighted by atomic mass is 14.9. The molecule has 2 aromatic carbocycles. The van der Waals surface area contributed by atoms with Crippen molar-refractivity contribution in [2.24, 2.45) is 11.8 Å². The first kappa shape index (κ1) is 15.9. The second-order valence-electron chi connectivity index (χ2n) is 6.72. The molecule has 0 atom stereocenters. The Morgan fingerprint density at radius 1 is 0.652 bits per heavy atom. The number of nitrogens with one attached hydrogen (secondary N) is 2. The Morgan fingerprint density at radius 3 is 1.78 bits per heavy atom. The number of hydrogen-bond donors (Lipinski definition) is 2. The molecule has 0 spiro atoms. The van der Waals surface area contributed by atoms with E-state index < -0.39 is 0 Å². The molecule has 0 unspecified atom stereocenters. The SMILES string of the molecule is c1ccc(NCCC2CCC(CNc3ccccc3)CC2)cc1. The summed E-state index contributed by atoms with van der Waals surface area (Å²) in [4.78, 5) is 0. The highest BCUT2D eigenvalue weighted by molar-refractivity contribution is 5.42. The maximum atomic E-state index is 3.58. The highest BCUT2D eigenvalue weighted by Gasteiger charge is 2.20. The van der Waals surface area contributed by atoms with Gasteiger partial charge in [0.2, 0.25) is 0 Å². The van der Waals surface area contributed by atoms with Crippen LogP contribution in [0.5, 0.6) is 0 Å². The van der Waals surface area contributed by atoms with Crippen molar-refractivity contribution < 1.29 is 0 Å². The topological polar surface area (TPSA) is 24.1 Å². The van der Waals surface area contributed by atoms with Crippen LogP contribution < -0.4 is 10.6 Å². The van der Waals surface area contributed by atoms with Gasteiger partial charge in [0.1, 0.15) is 0 Å². The van der Waals surface area contributed by atoms with Crippen LogP contribution in [0.1, 0.15) is 32.1 Å². The van der Waals surface area contributed by atoms with E-state index in [4.69, 9.17) is 0 Å². The molecule has 1 aliphatic carbocycles. The minimum absolute atomic E-state index is 0.841. The molecule has 2 heteroatoms. The molecule has 1 saturated carbocycles. The summed E-state index contributed by atoms with van der Waals surface area (Å²) in [7, 11) is 0. The third kappa shape index (κ3) is 5.31. The fraction of sp³-hybridized carbons (Fsp3) is 0.429. The van der Waals surface area contributed by atoms with Crippen molar-refractivity contribution >= 4 is 11.4 Å². The second-order valence-corrected chi connectivity index (χ2v) is 6.72. The Balaban J connectivity index is 1.31. The molecule has 0 aromatic heterocycles. The molecule has 3 rings (SSSR count). The van der Waals surface area contributed by atoms with Gasteiger partial charge in [-0.25, -0.2) is 0 Å². The molecule has 2 N–H and O–H groups in total. The summed E-state index contributed by atoms with van der Waals surface area (Å²) in [6.45, 7) is 2.22. The molecule has 2 aromatic rings. The minimum atomic E-state index is 0.841. The number of benzene rings is 2. The van der Waals surface area contributed by atoms with Crippen molar-refractivity contribution in [2.75, 3.05) is 23.7 Å². The maximum Gasteiger partial charge on any atom is 0.0340 e. The van der Waals surface area contributed by atoms with Crippen LogP contribution in [-0.2, 0) is 0 Å². The summed E-state index contributed by atoms with van der Waals surface area (Å²) in [5.74, 6) is 1.74. The first-order valence-corrected chi connectivity index (χ1v) is 8.98. The van der Waals surface area contributed by atoms with E-state index in [0.717, 1.165) is 24.9 Å². The van der Waals surface area contributed by atoms with Crippen molar-refractivity contribution in [2.45, 2.75) is 32.1 Å². The third-order valence-electron chi connectivity index (χ3n) is 4.99. The highest BCUT2D eigenvalue weighted by Crippen LogP contribution is 2.31. The van der Waals surface area contributed by atoms with Gasteiger partial charge in [0, 0.05) is 24.5 Å². The Bertz CT molecular complexity index is 545. The molecule has 0 amide bonds. The fourth-order valence-corrected chi connectivity index (χ4v) is 3.52. The van der Waals surface area contributed by atoms with Crippen molar-refractivity contribution in [3.05, 3.63) is 60.7 Å². The van der Waals surface area contributed by atoms with Crippen LogP contribution in [0.15, 0.2) is 60.7 Å². The summed E-state index contributed by atoms with van der Waals surface area (Å²) in [5, 5.41) is 7.12. The summed E-state index contributed by atoms with van der Waals surface area (Å²) in [6, 6.07) is 21.1. The lowest BCUT2D eigenvalue weighted by atomic mass is 9.80. The third-order valence-corrected chi connectivity index (χ3v) is 4.99. The van der Waals surface area contributed by atoms with Gasteiger partial charge >= 0.3 is 0 Å². The molecule has 0 aliphatic heterocycles. The number of anilines is 2. The van der Waals surface area contributed by atoms with Gasteiger partial charge < -0.3 is 10.6 Å². The molecular formula is C21H28N2. The lowest BCUT2D eigenvalue weighted by molar-refractivity contribution is 0.276. The number of rotatable bonds is 7. The van der Waals surface area contributed by atoms with E-state index >= 15 is 0 Å². The van der Waals surface area contributed by atoms with Crippen LogP contribution in [0, 0.1) is 11.8 Å². The predicted octanol–water partition coefficient (Wildman–Crippen LogP) is 5.41. The van der Waals surface area contributed by atoms with E-state index in [1.165, 1.54) is 43.5 Å². The van der Waals surface area contributed by atoms with Gasteiger partial charge in [0.05, 0.1) is 0 Å². The average Bonchev–Trinajstić information content (AvgIpc) is 2.63. The quantitative estimate of drug-likeness (QED) is 0.715. The van der Waals surface area contributed by atoms with Crippen LogP contribution >= 0.6 is 0 Å². The first-order valence-electron chi connectivity index (χ1n) is 8.98. The van der Waals surface area contributed by atoms with Gasteiger partial charge in [-0.3, -0.25) is 0 Å². The predicted molar refractivity (Wildman–Crippen MR) is 99.9 cm³/mol. The van der Waals surface area contributed by atoms with Crippen molar-refractivity contribution in [1.29, 1.82) is 0 Å². The molecule has 1 fully saturated rings. The van der Waals surface area contributed by atoms with Gasteiger partial charge in [-0.05, 0) is 55.4 Å². The molecular weight excluding hydrogens is 280 g/mol. The van der Waals surface area contributed by atoms with Gasteiger partial charge in [0.15, 0.2) is 0 Å². The zero-order chi connectivity index (χ0) is 15.7. The monoisotopic (exact) mass is 308 g/mol. The lowest BCUT2D eigenvalue weighted by Crippen LogP contribution is -2.22. The van der Waals surface area contributed by atoms with E-state index in [1.807, 2.05) is 0 Å². The molecule has 0 heterocycles. The molecule has 1 aliphatic rings. The number of hydrogen-bond acceptors (Lipinski definition) is 2. The zero-order valence-electron chi connectivity index (χ0n) is 13.9. The largest absolute Gasteiger partial charge is 0.385 e. The van der Waals surface area contributed by atoms with E-state index in [2.05, 4.69) is 71.3 Å². The van der Waals surface area contributed by atoms with E-state index in [-0.39, 0.29) is 0 Å². The maximum absolute atomic E-state index is 3.58. The summed E-state index contributed by atoms with van der Waals surface area (Å²) in [5.41, 5.74) is 2.50. The molecule has 122 valence electrons. The Hall–Kier alpha value is -1.96. The fourth-order valence-electron chi connectivity index (χ4n) is 3.52. The van der Waals surface area contributed by atoms with Crippen LogP contribution in [0.3, 0.4) is 0 Å². The summed E-state index contributed by atoms with van der Waals surface area (Å²) in [6.07, 6.45) is 6.81. The Kier molecular flexibility index (Phi) is 5.96. The van der Waals surface area contributed by atoms with Gasteiger partial charge in [-0.15, -0.1) is 0 Å². The van der Waals surface area contributed by atoms with Gasteiger partial charge in [-0.1, -0.05) is 49.2 Å². The second kappa shape index (κ2) is 8.61. The van der Waals surface area contributed by atoms with Crippen molar-refractivity contribution in [3.63, 3.8) is 0 Å². The molecule has 23 heavy (non-hydrogen) atoms. The lowest BCUT2D eigenvalue weighted by Gasteiger charge is -2.29. The van der Waals surface area contributed by atoms with Crippen LogP contribution in [0.4, 0.5) is 11.4 Å². The van der Waals surface area contributed by atoms with E-state index in [1.54, 1.807) is 0 Å². The van der Waals surface area contributed by atoms with Crippen molar-refractivity contribution in [3.8, 4) is 0 Å². The van der Waals surface area contributed by atoms with Gasteiger partial charge in [0.25, 0.3) is 0 Å².